The molecule has 0 aliphatic carbocycles. The van der Waals surface area contributed by atoms with Crippen molar-refractivity contribution >= 4 is 21.8 Å². The van der Waals surface area contributed by atoms with Gasteiger partial charge in [0.25, 0.3) is 0 Å². The maximum atomic E-state index is 3.74. The second-order valence-electron chi connectivity index (χ2n) is 7.70. The number of nitrogens with one attached hydrogen (secondary N) is 2. The van der Waals surface area contributed by atoms with E-state index in [1.54, 1.807) is 0 Å². The molecule has 0 fully saturated rings. The number of para-hydroxylation sites is 1. The minimum atomic E-state index is 0.184. The predicted molar refractivity (Wildman–Crippen MR) is 123 cm³/mol. The number of benzene rings is 3. The number of H-pyrrole nitrogens is 2. The summed E-state index contributed by atoms with van der Waals surface area (Å²) in [7, 11) is 0. The van der Waals surface area contributed by atoms with Crippen molar-refractivity contribution in [2.24, 2.45) is 0 Å². The van der Waals surface area contributed by atoms with Gasteiger partial charge in [-0.25, -0.2) is 0 Å². The molecule has 0 bridgehead atoms. The minimum Gasteiger partial charge on any atom is -0.361 e. The summed E-state index contributed by atoms with van der Waals surface area (Å²) in [4.78, 5) is 7.24. The van der Waals surface area contributed by atoms with Gasteiger partial charge < -0.3 is 9.97 Å². The van der Waals surface area contributed by atoms with Crippen molar-refractivity contribution < 1.29 is 0 Å². The number of aryl methyl sites for hydroxylation is 2. The van der Waals surface area contributed by atoms with Gasteiger partial charge in [0.1, 0.15) is 0 Å². The van der Waals surface area contributed by atoms with E-state index < -0.39 is 0 Å². The van der Waals surface area contributed by atoms with Crippen LogP contribution in [0, 0.1) is 0 Å². The third-order valence-corrected chi connectivity index (χ3v) is 6.12. The molecule has 2 aromatic heterocycles. The molecule has 3 aromatic carbocycles. The molecule has 2 heteroatoms. The van der Waals surface area contributed by atoms with Gasteiger partial charge in [-0.2, -0.15) is 0 Å². The Hall–Kier alpha value is -3.26. The summed E-state index contributed by atoms with van der Waals surface area (Å²) in [5.74, 6) is 0.184. The van der Waals surface area contributed by atoms with Crippen LogP contribution < -0.4 is 0 Å². The Labute approximate surface area is 171 Å². The van der Waals surface area contributed by atoms with Crippen LogP contribution in [0.3, 0.4) is 0 Å². The van der Waals surface area contributed by atoms with E-state index >= 15 is 0 Å². The fraction of sp³-hybridized carbons (Fsp3) is 0.185. The maximum absolute atomic E-state index is 3.74. The summed E-state index contributed by atoms with van der Waals surface area (Å²) in [6, 6.07) is 26.2. The van der Waals surface area contributed by atoms with Crippen molar-refractivity contribution in [3.05, 3.63) is 107 Å². The van der Waals surface area contributed by atoms with E-state index in [4.69, 9.17) is 0 Å². The first kappa shape index (κ1) is 17.8. The van der Waals surface area contributed by atoms with Crippen LogP contribution in [-0.4, -0.2) is 9.97 Å². The van der Waals surface area contributed by atoms with Crippen LogP contribution in [0.1, 0.15) is 47.7 Å². The molecular formula is C27H26N2. The molecule has 2 N–H and O–H groups in total. The lowest BCUT2D eigenvalue weighted by atomic mass is 9.82. The average Bonchev–Trinajstić information content (AvgIpc) is 3.37. The van der Waals surface area contributed by atoms with Crippen LogP contribution in [-0.2, 0) is 12.8 Å². The van der Waals surface area contributed by atoms with Crippen molar-refractivity contribution in [1.29, 1.82) is 0 Å². The standard InChI is InChI=1S/C27H26N2/c1-3-18-13-10-16-24-26(18)27(22(4-2)29-24)25(19-11-6-5-7-12-19)21-17-28-23-15-9-8-14-20(21)23/h5-17,25,28-29H,3-4H2,1-2H3. The van der Waals surface area contributed by atoms with Gasteiger partial charge in [-0.05, 0) is 47.2 Å². The lowest BCUT2D eigenvalue weighted by molar-refractivity contribution is 0.940. The summed E-state index contributed by atoms with van der Waals surface area (Å²) in [6.45, 7) is 4.50. The Morgan fingerprint density at radius 2 is 1.52 bits per heavy atom. The van der Waals surface area contributed by atoms with Gasteiger partial charge in [-0.1, -0.05) is 74.5 Å². The molecule has 0 aliphatic rings. The van der Waals surface area contributed by atoms with Gasteiger partial charge in [0.05, 0.1) is 0 Å². The first-order chi connectivity index (χ1) is 14.3. The van der Waals surface area contributed by atoms with Crippen LogP contribution in [0.25, 0.3) is 21.8 Å². The Morgan fingerprint density at radius 3 is 2.31 bits per heavy atom. The molecule has 29 heavy (non-hydrogen) atoms. The number of aromatic nitrogens is 2. The predicted octanol–water partition coefficient (Wildman–Crippen LogP) is 6.95. The lowest BCUT2D eigenvalue weighted by Gasteiger charge is -2.20. The number of fused-ring (bicyclic) bond motifs is 2. The van der Waals surface area contributed by atoms with Crippen LogP contribution in [0.5, 0.6) is 0 Å². The molecule has 0 saturated carbocycles. The van der Waals surface area contributed by atoms with Gasteiger partial charge >= 0.3 is 0 Å². The van der Waals surface area contributed by atoms with Crippen molar-refractivity contribution in [2.75, 3.05) is 0 Å². The quantitative estimate of drug-likeness (QED) is 0.331. The molecule has 144 valence electrons. The van der Waals surface area contributed by atoms with Gasteiger partial charge in [0.15, 0.2) is 0 Å². The van der Waals surface area contributed by atoms with Crippen molar-refractivity contribution in [3.63, 3.8) is 0 Å². The number of hydrogen-bond donors (Lipinski definition) is 2. The van der Waals surface area contributed by atoms with Gasteiger partial charge in [-0.15, -0.1) is 0 Å². The molecule has 0 radical (unpaired) electrons. The van der Waals surface area contributed by atoms with Gasteiger partial charge in [0.2, 0.25) is 0 Å². The summed E-state index contributed by atoms with van der Waals surface area (Å²) < 4.78 is 0. The SMILES string of the molecule is CCc1[nH]c2cccc(CC)c2c1C(c1ccccc1)c1c[nH]c2ccccc12. The van der Waals surface area contributed by atoms with E-state index in [2.05, 4.69) is 103 Å². The third-order valence-electron chi connectivity index (χ3n) is 6.12. The van der Waals surface area contributed by atoms with E-state index in [-0.39, 0.29) is 5.92 Å². The largest absolute Gasteiger partial charge is 0.361 e. The van der Waals surface area contributed by atoms with Crippen molar-refractivity contribution in [2.45, 2.75) is 32.6 Å². The highest BCUT2D eigenvalue weighted by atomic mass is 14.7. The molecule has 2 heterocycles. The van der Waals surface area contributed by atoms with Gasteiger partial charge in [0, 0.05) is 39.6 Å². The van der Waals surface area contributed by atoms with Crippen molar-refractivity contribution in [3.8, 4) is 0 Å². The zero-order valence-electron chi connectivity index (χ0n) is 17.0. The summed E-state index contributed by atoms with van der Waals surface area (Å²) in [5, 5.41) is 2.69. The Bertz CT molecular complexity index is 1270. The molecule has 0 saturated heterocycles. The normalized spacial score (nSPS) is 12.6. The topological polar surface area (TPSA) is 31.6 Å². The highest BCUT2D eigenvalue weighted by Gasteiger charge is 2.26. The van der Waals surface area contributed by atoms with Crippen LogP contribution >= 0.6 is 0 Å². The molecule has 2 nitrogen and oxygen atoms in total. The Balaban J connectivity index is 1.88. The molecule has 1 atom stereocenters. The van der Waals surface area contributed by atoms with Crippen LogP contribution in [0.15, 0.2) is 79.0 Å². The zero-order chi connectivity index (χ0) is 19.8. The number of rotatable bonds is 5. The summed E-state index contributed by atoms with van der Waals surface area (Å²) in [6.07, 6.45) is 4.22. The molecule has 5 aromatic rings. The molecule has 0 spiro atoms. The van der Waals surface area contributed by atoms with E-state index in [0.717, 1.165) is 12.8 Å². The second-order valence-corrected chi connectivity index (χ2v) is 7.70. The van der Waals surface area contributed by atoms with E-state index in [0.29, 0.717) is 0 Å². The second kappa shape index (κ2) is 7.29. The summed E-state index contributed by atoms with van der Waals surface area (Å²) >= 11 is 0. The maximum Gasteiger partial charge on any atom is 0.0462 e. The zero-order valence-corrected chi connectivity index (χ0v) is 17.0. The lowest BCUT2D eigenvalue weighted by Crippen LogP contribution is -2.06. The first-order valence-electron chi connectivity index (χ1n) is 10.5. The van der Waals surface area contributed by atoms with Crippen LogP contribution in [0.2, 0.25) is 0 Å². The Kier molecular flexibility index (Phi) is 4.48. The van der Waals surface area contributed by atoms with E-state index in [1.807, 2.05) is 0 Å². The molecule has 5 rings (SSSR count). The van der Waals surface area contributed by atoms with Gasteiger partial charge in [-0.3, -0.25) is 0 Å². The fourth-order valence-corrected chi connectivity index (χ4v) is 4.78. The highest BCUT2D eigenvalue weighted by molar-refractivity contribution is 5.92. The fourth-order valence-electron chi connectivity index (χ4n) is 4.78. The van der Waals surface area contributed by atoms with Crippen molar-refractivity contribution in [1.82, 2.24) is 9.97 Å². The number of aromatic amines is 2. The average molecular weight is 379 g/mol. The molecular weight excluding hydrogens is 352 g/mol. The minimum absolute atomic E-state index is 0.184. The third kappa shape index (κ3) is 2.87. The molecule has 0 amide bonds. The smallest absolute Gasteiger partial charge is 0.0462 e. The first-order valence-corrected chi connectivity index (χ1v) is 10.5. The van der Waals surface area contributed by atoms with E-state index in [9.17, 15) is 0 Å². The summed E-state index contributed by atoms with van der Waals surface area (Å²) in [5.41, 5.74) is 9.28. The van der Waals surface area contributed by atoms with Crippen LogP contribution in [0.4, 0.5) is 0 Å². The Morgan fingerprint density at radius 1 is 0.759 bits per heavy atom. The highest BCUT2D eigenvalue weighted by Crippen LogP contribution is 2.42. The van der Waals surface area contributed by atoms with E-state index in [1.165, 1.54) is 49.8 Å². The molecule has 1 unspecified atom stereocenters. The molecule has 0 aliphatic heterocycles. The monoisotopic (exact) mass is 378 g/mol. The number of hydrogen-bond acceptors (Lipinski definition) is 0.